The van der Waals surface area contributed by atoms with Crippen LogP contribution in [0.4, 0.5) is 0 Å². The molecule has 1 saturated heterocycles. The van der Waals surface area contributed by atoms with Crippen molar-refractivity contribution in [2.24, 2.45) is 5.73 Å². The standard InChI is InChI=1S/C21H33N3O3/c1-15(16-5-6-18(14-26-2)17(12-16)4-3-9-22)24(19-7-8-19)21(25)20-13-23-10-11-27-20/h5-6,12,15,19-20,23H,3-4,7-11,13-14,22H2,1-2H3/t15-,20-/m1/s1. The second kappa shape index (κ2) is 9.64. The first-order valence-electron chi connectivity index (χ1n) is 10.1. The lowest BCUT2D eigenvalue weighted by molar-refractivity contribution is -0.148. The smallest absolute Gasteiger partial charge is 0.253 e. The number of hydrogen-bond acceptors (Lipinski definition) is 5. The molecule has 150 valence electrons. The predicted octanol–water partition coefficient (Wildman–Crippen LogP) is 1.76. The van der Waals surface area contributed by atoms with Crippen LogP contribution in [0.1, 0.15) is 48.9 Å². The Labute approximate surface area is 162 Å². The SMILES string of the molecule is COCc1ccc([C@@H](C)N(C(=O)[C@H]2CNCCO2)C2CC2)cc1CCCN. The fourth-order valence-electron chi connectivity index (χ4n) is 3.82. The summed E-state index contributed by atoms with van der Waals surface area (Å²) in [6, 6.07) is 6.87. The third-order valence-electron chi connectivity index (χ3n) is 5.48. The van der Waals surface area contributed by atoms with Gasteiger partial charge in [0.1, 0.15) is 6.10 Å². The molecule has 1 aromatic rings. The number of aryl methyl sites for hydroxylation is 1. The molecule has 0 aromatic heterocycles. The van der Waals surface area contributed by atoms with E-state index in [0.29, 0.717) is 32.3 Å². The second-order valence-electron chi connectivity index (χ2n) is 7.57. The van der Waals surface area contributed by atoms with Gasteiger partial charge >= 0.3 is 0 Å². The van der Waals surface area contributed by atoms with Crippen molar-refractivity contribution in [3.8, 4) is 0 Å². The minimum Gasteiger partial charge on any atom is -0.380 e. The van der Waals surface area contributed by atoms with E-state index in [1.807, 2.05) is 0 Å². The molecule has 0 unspecified atom stereocenters. The number of nitrogens with two attached hydrogens (primary N) is 1. The monoisotopic (exact) mass is 375 g/mol. The van der Waals surface area contributed by atoms with Crippen LogP contribution < -0.4 is 11.1 Å². The lowest BCUT2D eigenvalue weighted by atomic mass is 9.96. The van der Waals surface area contributed by atoms with Crippen molar-refractivity contribution in [2.45, 2.75) is 57.4 Å². The second-order valence-corrected chi connectivity index (χ2v) is 7.57. The summed E-state index contributed by atoms with van der Waals surface area (Å²) < 4.78 is 11.1. The van der Waals surface area contributed by atoms with E-state index < -0.39 is 0 Å². The first-order valence-corrected chi connectivity index (χ1v) is 10.1. The van der Waals surface area contributed by atoms with Crippen LogP contribution in [0.5, 0.6) is 0 Å². The van der Waals surface area contributed by atoms with Crippen molar-refractivity contribution in [3.05, 3.63) is 34.9 Å². The minimum absolute atomic E-state index is 0.0312. The van der Waals surface area contributed by atoms with E-state index >= 15 is 0 Å². The van der Waals surface area contributed by atoms with Gasteiger partial charge in [-0.05, 0) is 55.8 Å². The summed E-state index contributed by atoms with van der Waals surface area (Å²) in [7, 11) is 1.72. The molecule has 1 aliphatic carbocycles. The average molecular weight is 376 g/mol. The molecule has 1 amide bonds. The highest BCUT2D eigenvalue weighted by atomic mass is 16.5. The van der Waals surface area contributed by atoms with Gasteiger partial charge in [0.05, 0.1) is 19.3 Å². The predicted molar refractivity (Wildman–Crippen MR) is 105 cm³/mol. The van der Waals surface area contributed by atoms with Crippen molar-refractivity contribution in [1.82, 2.24) is 10.2 Å². The Kier molecular flexibility index (Phi) is 7.24. The highest BCUT2D eigenvalue weighted by Gasteiger charge is 2.39. The minimum atomic E-state index is -0.369. The molecule has 6 nitrogen and oxygen atoms in total. The Morgan fingerprint density at radius 2 is 2.22 bits per heavy atom. The van der Waals surface area contributed by atoms with Crippen molar-refractivity contribution < 1.29 is 14.3 Å². The first-order chi connectivity index (χ1) is 13.2. The summed E-state index contributed by atoms with van der Waals surface area (Å²) in [5.41, 5.74) is 9.35. The molecule has 1 aliphatic heterocycles. The highest BCUT2D eigenvalue weighted by molar-refractivity contribution is 5.82. The zero-order valence-corrected chi connectivity index (χ0v) is 16.6. The van der Waals surface area contributed by atoms with Crippen LogP contribution in [-0.2, 0) is 27.3 Å². The molecule has 2 fully saturated rings. The Balaban J connectivity index is 1.80. The molecular weight excluding hydrogens is 342 g/mol. The van der Waals surface area contributed by atoms with Gasteiger partial charge in [0.25, 0.3) is 5.91 Å². The van der Waals surface area contributed by atoms with Crippen molar-refractivity contribution in [1.29, 1.82) is 0 Å². The average Bonchev–Trinajstić information content (AvgIpc) is 3.53. The number of rotatable bonds is 9. The third kappa shape index (κ3) is 5.08. The Morgan fingerprint density at radius 3 is 2.85 bits per heavy atom. The summed E-state index contributed by atoms with van der Waals surface area (Å²) in [6.07, 6.45) is 3.67. The van der Waals surface area contributed by atoms with Gasteiger partial charge in [-0.15, -0.1) is 0 Å². The number of nitrogens with one attached hydrogen (secondary N) is 1. The third-order valence-corrected chi connectivity index (χ3v) is 5.48. The van der Waals surface area contributed by atoms with Crippen LogP contribution in [0.15, 0.2) is 18.2 Å². The van der Waals surface area contributed by atoms with E-state index in [1.54, 1.807) is 7.11 Å². The molecule has 0 radical (unpaired) electrons. The van der Waals surface area contributed by atoms with Gasteiger partial charge in [0, 0.05) is 26.2 Å². The number of hydrogen-bond donors (Lipinski definition) is 2. The first kappa shape index (κ1) is 20.3. The maximum absolute atomic E-state index is 13.1. The molecular formula is C21H33N3O3. The lowest BCUT2D eigenvalue weighted by Gasteiger charge is -2.34. The van der Waals surface area contributed by atoms with E-state index in [2.05, 4.69) is 35.3 Å². The molecule has 0 spiro atoms. The van der Waals surface area contributed by atoms with Gasteiger partial charge < -0.3 is 25.4 Å². The quantitative estimate of drug-likeness (QED) is 0.688. The number of benzene rings is 1. The number of amides is 1. The van der Waals surface area contributed by atoms with E-state index in [4.69, 9.17) is 15.2 Å². The number of nitrogens with zero attached hydrogens (tertiary/aromatic N) is 1. The molecule has 3 N–H and O–H groups in total. The van der Waals surface area contributed by atoms with Gasteiger partial charge in [-0.25, -0.2) is 0 Å². The molecule has 3 rings (SSSR count). The molecule has 1 saturated carbocycles. The maximum atomic E-state index is 13.1. The number of ether oxygens (including phenoxy) is 2. The molecule has 27 heavy (non-hydrogen) atoms. The molecule has 1 aromatic carbocycles. The lowest BCUT2D eigenvalue weighted by Crippen LogP contribution is -2.50. The largest absolute Gasteiger partial charge is 0.380 e. The Hall–Kier alpha value is -1.47. The fraction of sp³-hybridized carbons (Fsp3) is 0.667. The summed E-state index contributed by atoms with van der Waals surface area (Å²) in [5.74, 6) is 0.113. The molecule has 0 bridgehead atoms. The maximum Gasteiger partial charge on any atom is 0.253 e. The molecule has 6 heteroatoms. The molecule has 1 heterocycles. The van der Waals surface area contributed by atoms with Crippen LogP contribution >= 0.6 is 0 Å². The van der Waals surface area contributed by atoms with Crippen LogP contribution in [-0.4, -0.2) is 56.3 Å². The van der Waals surface area contributed by atoms with Gasteiger partial charge in [-0.2, -0.15) is 0 Å². The van der Waals surface area contributed by atoms with Crippen molar-refractivity contribution in [2.75, 3.05) is 33.4 Å². The fourth-order valence-corrected chi connectivity index (χ4v) is 3.82. The van der Waals surface area contributed by atoms with Crippen LogP contribution in [0.2, 0.25) is 0 Å². The zero-order chi connectivity index (χ0) is 19.2. The van der Waals surface area contributed by atoms with E-state index in [-0.39, 0.29) is 18.1 Å². The summed E-state index contributed by atoms with van der Waals surface area (Å²) in [5, 5.41) is 3.26. The normalized spacial score (nSPS) is 21.1. The number of morpholine rings is 1. The topological polar surface area (TPSA) is 76.8 Å². The van der Waals surface area contributed by atoms with E-state index in [1.165, 1.54) is 16.7 Å². The van der Waals surface area contributed by atoms with Gasteiger partial charge in [-0.1, -0.05) is 18.2 Å². The van der Waals surface area contributed by atoms with E-state index in [0.717, 1.165) is 32.2 Å². The van der Waals surface area contributed by atoms with Crippen molar-refractivity contribution in [3.63, 3.8) is 0 Å². The van der Waals surface area contributed by atoms with Gasteiger partial charge in [-0.3, -0.25) is 4.79 Å². The van der Waals surface area contributed by atoms with Crippen LogP contribution in [0, 0.1) is 0 Å². The zero-order valence-electron chi connectivity index (χ0n) is 16.6. The number of carbonyl (C=O) groups is 1. The van der Waals surface area contributed by atoms with Crippen LogP contribution in [0.3, 0.4) is 0 Å². The summed E-state index contributed by atoms with van der Waals surface area (Å²) in [4.78, 5) is 15.2. The highest BCUT2D eigenvalue weighted by Crippen LogP contribution is 2.36. The number of carbonyl (C=O) groups excluding carboxylic acids is 1. The Morgan fingerprint density at radius 1 is 1.41 bits per heavy atom. The summed E-state index contributed by atoms with van der Waals surface area (Å²) >= 11 is 0. The van der Waals surface area contributed by atoms with Crippen LogP contribution in [0.25, 0.3) is 0 Å². The molecule has 2 aliphatic rings. The summed E-state index contributed by atoms with van der Waals surface area (Å²) in [6.45, 7) is 5.41. The number of methoxy groups -OCH3 is 1. The Bertz CT molecular complexity index is 627. The van der Waals surface area contributed by atoms with E-state index in [9.17, 15) is 4.79 Å². The van der Waals surface area contributed by atoms with Gasteiger partial charge in [0.15, 0.2) is 0 Å². The molecule has 2 atom stereocenters. The van der Waals surface area contributed by atoms with Crippen molar-refractivity contribution >= 4 is 5.91 Å². The van der Waals surface area contributed by atoms with Gasteiger partial charge in [0.2, 0.25) is 0 Å².